The molecule has 0 aliphatic heterocycles. The molecule has 0 bridgehead atoms. The Morgan fingerprint density at radius 2 is 1.61 bits per heavy atom. The molecular weight excluding hydrogens is 418 g/mol. The van der Waals surface area contributed by atoms with Gasteiger partial charge in [0.1, 0.15) is 18.0 Å². The number of carbonyl (C=O) groups excluding carboxylic acids is 1. The highest BCUT2D eigenvalue weighted by atomic mass is 79.9. The van der Waals surface area contributed by atoms with Crippen LogP contribution in [-0.4, -0.2) is 21.2 Å². The first kappa shape index (κ1) is 19.6. The Labute approximate surface area is 172 Å². The van der Waals surface area contributed by atoms with Crippen molar-refractivity contribution < 1.29 is 4.79 Å². The molecule has 0 aliphatic carbocycles. The largest absolute Gasteiger partial charge is 0.340 e. The van der Waals surface area contributed by atoms with Crippen LogP contribution in [0.25, 0.3) is 0 Å². The number of benzene rings is 2. The summed E-state index contributed by atoms with van der Waals surface area (Å²) in [6.07, 6.45) is 4.72. The molecule has 0 spiro atoms. The topological polar surface area (TPSA) is 78.9 Å². The lowest BCUT2D eigenvalue weighted by Gasteiger charge is -2.10. The predicted octanol–water partition coefficient (Wildman–Crippen LogP) is 5.16. The van der Waals surface area contributed by atoms with Crippen LogP contribution < -0.4 is 16.0 Å². The van der Waals surface area contributed by atoms with E-state index in [1.165, 1.54) is 18.0 Å². The van der Waals surface area contributed by atoms with Gasteiger partial charge in [-0.25, -0.2) is 9.97 Å². The molecule has 3 aromatic rings. The van der Waals surface area contributed by atoms with Gasteiger partial charge in [-0.3, -0.25) is 4.79 Å². The Morgan fingerprint density at radius 1 is 0.964 bits per heavy atom. The Hall–Kier alpha value is -3.19. The van der Waals surface area contributed by atoms with Crippen LogP contribution in [0.15, 0.2) is 73.1 Å². The number of aryl methyl sites for hydroxylation is 1. The number of nitrogens with zero attached hydrogens (tertiary/aromatic N) is 2. The first-order valence-electron chi connectivity index (χ1n) is 8.69. The summed E-state index contributed by atoms with van der Waals surface area (Å²) in [5.74, 6) is 1.16. The van der Waals surface area contributed by atoms with E-state index in [9.17, 15) is 4.79 Å². The van der Waals surface area contributed by atoms with Crippen LogP contribution in [0.1, 0.15) is 5.56 Å². The summed E-state index contributed by atoms with van der Waals surface area (Å²) < 4.78 is 0. The summed E-state index contributed by atoms with van der Waals surface area (Å²) >= 11 is 3.25. The van der Waals surface area contributed by atoms with Gasteiger partial charge in [-0.2, -0.15) is 0 Å². The molecule has 28 heavy (non-hydrogen) atoms. The molecular formula is C21H20BrN5O. The maximum atomic E-state index is 11.8. The van der Waals surface area contributed by atoms with Crippen molar-refractivity contribution >= 4 is 50.5 Å². The lowest BCUT2D eigenvalue weighted by Crippen LogP contribution is -2.08. The van der Waals surface area contributed by atoms with E-state index in [0.717, 1.165) is 11.4 Å². The van der Waals surface area contributed by atoms with E-state index in [4.69, 9.17) is 0 Å². The fraction of sp³-hybridized carbons (Fsp3) is 0.0952. The smallest absolute Gasteiger partial charge is 0.248 e. The molecule has 1 aromatic heterocycles. The standard InChI is InChI=1S/C21H20BrN5O/c1-15-5-2-6-16(11-15)25-19-13-20(24-14-23-19)26-17-7-3-8-18(12-17)27-21(28)9-4-10-22/h2-9,11-14H,10H2,1H3,(H,27,28)(H2,23,24,25,26). The predicted molar refractivity (Wildman–Crippen MR) is 118 cm³/mol. The highest BCUT2D eigenvalue weighted by Gasteiger charge is 2.03. The molecule has 1 amide bonds. The van der Waals surface area contributed by atoms with E-state index in [1.807, 2.05) is 61.5 Å². The number of rotatable bonds is 7. The Bertz CT molecular complexity index is 990. The van der Waals surface area contributed by atoms with Crippen LogP contribution in [-0.2, 0) is 4.79 Å². The molecule has 2 aromatic carbocycles. The second-order valence-electron chi connectivity index (χ2n) is 6.03. The van der Waals surface area contributed by atoms with Crippen molar-refractivity contribution in [3.8, 4) is 0 Å². The first-order valence-corrected chi connectivity index (χ1v) is 9.81. The van der Waals surface area contributed by atoms with Crippen LogP contribution in [0.2, 0.25) is 0 Å². The Kier molecular flexibility index (Phi) is 6.75. The lowest BCUT2D eigenvalue weighted by atomic mass is 10.2. The lowest BCUT2D eigenvalue weighted by molar-refractivity contribution is -0.111. The summed E-state index contributed by atoms with van der Waals surface area (Å²) in [6.45, 7) is 2.04. The van der Waals surface area contributed by atoms with Crippen molar-refractivity contribution in [1.29, 1.82) is 0 Å². The molecule has 3 rings (SSSR count). The number of alkyl halides is 1. The molecule has 0 radical (unpaired) electrons. The number of halogens is 1. The SMILES string of the molecule is Cc1cccc(Nc2cc(Nc3cccc(NC(=O)C=CCBr)c3)ncn2)c1. The van der Waals surface area contributed by atoms with Crippen molar-refractivity contribution in [3.05, 3.63) is 78.6 Å². The number of hydrogen-bond donors (Lipinski definition) is 3. The highest BCUT2D eigenvalue weighted by molar-refractivity contribution is 9.09. The monoisotopic (exact) mass is 437 g/mol. The van der Waals surface area contributed by atoms with Gasteiger partial charge in [-0.1, -0.05) is 40.2 Å². The maximum Gasteiger partial charge on any atom is 0.248 e. The molecule has 0 unspecified atom stereocenters. The average Bonchev–Trinajstić information content (AvgIpc) is 2.67. The minimum Gasteiger partial charge on any atom is -0.340 e. The van der Waals surface area contributed by atoms with E-state index < -0.39 is 0 Å². The second-order valence-corrected chi connectivity index (χ2v) is 6.68. The van der Waals surface area contributed by atoms with Gasteiger partial charge in [0.25, 0.3) is 0 Å². The van der Waals surface area contributed by atoms with E-state index in [2.05, 4.69) is 41.8 Å². The van der Waals surface area contributed by atoms with Gasteiger partial charge in [0, 0.05) is 34.5 Å². The molecule has 1 heterocycles. The highest BCUT2D eigenvalue weighted by Crippen LogP contribution is 2.22. The quantitative estimate of drug-likeness (QED) is 0.351. The zero-order valence-corrected chi connectivity index (χ0v) is 16.9. The minimum absolute atomic E-state index is 0.178. The van der Waals surface area contributed by atoms with Gasteiger partial charge in [-0.05, 0) is 42.8 Å². The average molecular weight is 438 g/mol. The number of carbonyl (C=O) groups is 1. The molecule has 0 atom stereocenters. The first-order chi connectivity index (χ1) is 13.6. The van der Waals surface area contributed by atoms with Crippen LogP contribution in [0.4, 0.5) is 28.7 Å². The summed E-state index contributed by atoms with van der Waals surface area (Å²) in [6, 6.07) is 17.3. The molecule has 0 aliphatic rings. The van der Waals surface area contributed by atoms with Gasteiger partial charge in [0.15, 0.2) is 0 Å². The molecule has 0 fully saturated rings. The Balaban J connectivity index is 1.69. The van der Waals surface area contributed by atoms with E-state index in [1.54, 1.807) is 6.08 Å². The summed E-state index contributed by atoms with van der Waals surface area (Å²) in [5, 5.41) is 9.95. The summed E-state index contributed by atoms with van der Waals surface area (Å²) in [7, 11) is 0. The van der Waals surface area contributed by atoms with Crippen LogP contribution in [0, 0.1) is 6.92 Å². The summed E-state index contributed by atoms with van der Waals surface area (Å²) in [5.41, 5.74) is 3.64. The number of nitrogens with one attached hydrogen (secondary N) is 3. The van der Waals surface area contributed by atoms with Crippen LogP contribution in [0.3, 0.4) is 0 Å². The van der Waals surface area contributed by atoms with Crippen molar-refractivity contribution in [3.63, 3.8) is 0 Å². The molecule has 7 heteroatoms. The number of anilines is 5. The van der Waals surface area contributed by atoms with Crippen LogP contribution in [0.5, 0.6) is 0 Å². The third-order valence-electron chi connectivity index (χ3n) is 3.72. The van der Waals surface area contributed by atoms with Gasteiger partial charge < -0.3 is 16.0 Å². The van der Waals surface area contributed by atoms with Crippen molar-refractivity contribution in [2.24, 2.45) is 0 Å². The third-order valence-corrected chi connectivity index (χ3v) is 4.09. The number of allylic oxidation sites excluding steroid dienone is 1. The normalized spacial score (nSPS) is 10.6. The number of hydrogen-bond acceptors (Lipinski definition) is 5. The van der Waals surface area contributed by atoms with Gasteiger partial charge >= 0.3 is 0 Å². The van der Waals surface area contributed by atoms with Crippen molar-refractivity contribution in [2.75, 3.05) is 21.3 Å². The maximum absolute atomic E-state index is 11.8. The minimum atomic E-state index is -0.178. The zero-order chi connectivity index (χ0) is 19.8. The fourth-order valence-corrected chi connectivity index (χ4v) is 2.71. The van der Waals surface area contributed by atoms with E-state index in [0.29, 0.717) is 22.7 Å². The van der Waals surface area contributed by atoms with Crippen molar-refractivity contribution in [2.45, 2.75) is 6.92 Å². The molecule has 142 valence electrons. The number of amides is 1. The molecule has 0 saturated carbocycles. The molecule has 0 saturated heterocycles. The molecule has 6 nitrogen and oxygen atoms in total. The fourth-order valence-electron chi connectivity index (χ4n) is 2.52. The van der Waals surface area contributed by atoms with Crippen LogP contribution >= 0.6 is 15.9 Å². The van der Waals surface area contributed by atoms with Crippen molar-refractivity contribution in [1.82, 2.24) is 9.97 Å². The van der Waals surface area contributed by atoms with E-state index in [-0.39, 0.29) is 5.91 Å². The third kappa shape index (κ3) is 5.92. The van der Waals surface area contributed by atoms with Gasteiger partial charge in [0.2, 0.25) is 5.91 Å². The zero-order valence-electron chi connectivity index (χ0n) is 15.3. The summed E-state index contributed by atoms with van der Waals surface area (Å²) in [4.78, 5) is 20.3. The number of aromatic nitrogens is 2. The van der Waals surface area contributed by atoms with E-state index >= 15 is 0 Å². The Morgan fingerprint density at radius 3 is 2.29 bits per heavy atom. The van der Waals surface area contributed by atoms with Gasteiger partial charge in [0.05, 0.1) is 0 Å². The van der Waals surface area contributed by atoms with Gasteiger partial charge in [-0.15, -0.1) is 0 Å². The molecule has 3 N–H and O–H groups in total. The second kappa shape index (κ2) is 9.66.